The van der Waals surface area contributed by atoms with Gasteiger partial charge in [-0.25, -0.2) is 9.79 Å². The first-order valence-corrected chi connectivity index (χ1v) is 12.3. The van der Waals surface area contributed by atoms with Crippen LogP contribution in [0.2, 0.25) is 0 Å². The molecule has 36 heavy (non-hydrogen) atoms. The third-order valence-corrected chi connectivity index (χ3v) is 6.93. The third-order valence-electron chi connectivity index (χ3n) is 5.85. The monoisotopic (exact) mass is 517 g/mol. The average molecular weight is 518 g/mol. The molecule has 2 aliphatic heterocycles. The molecular weight excluding hydrogens is 491 g/mol. The summed E-state index contributed by atoms with van der Waals surface area (Å²) in [5.74, 6) is 0.873. The topological polar surface area (TPSA) is 77.0 Å². The van der Waals surface area contributed by atoms with E-state index in [9.17, 15) is 22.8 Å². The van der Waals surface area contributed by atoms with E-state index in [2.05, 4.69) is 15.5 Å². The number of nitrogens with zero attached hydrogens (tertiary/aromatic N) is 3. The molecule has 2 N–H and O–H groups in total. The SMILES string of the molecule is CC1=C(C(=O)N(C)C)C(c2ccc(NC(=O)Nc3ccc(C(F)(F)F)cc3)cc2)N2CCCSC2=N1. The second-order valence-corrected chi connectivity index (χ2v) is 9.73. The fourth-order valence-electron chi connectivity index (χ4n) is 4.11. The summed E-state index contributed by atoms with van der Waals surface area (Å²) in [5, 5.41) is 6.10. The molecule has 1 atom stereocenters. The summed E-state index contributed by atoms with van der Waals surface area (Å²) in [5.41, 5.74) is 2.15. The van der Waals surface area contributed by atoms with E-state index >= 15 is 0 Å². The van der Waals surface area contributed by atoms with Crippen molar-refractivity contribution in [3.8, 4) is 0 Å². The van der Waals surface area contributed by atoms with Crippen LogP contribution < -0.4 is 10.6 Å². The predicted octanol–water partition coefficient (Wildman–Crippen LogP) is 5.56. The Balaban J connectivity index is 1.51. The number of carbonyl (C=O) groups excluding carboxylic acids is 2. The number of urea groups is 1. The number of benzene rings is 2. The summed E-state index contributed by atoms with van der Waals surface area (Å²) in [4.78, 5) is 33.8. The average Bonchev–Trinajstić information content (AvgIpc) is 2.83. The summed E-state index contributed by atoms with van der Waals surface area (Å²) in [6, 6.07) is 10.5. The van der Waals surface area contributed by atoms with Gasteiger partial charge in [0, 0.05) is 37.8 Å². The number of fused-ring (bicyclic) bond motifs is 1. The number of thioether (sulfide) groups is 1. The van der Waals surface area contributed by atoms with E-state index < -0.39 is 17.8 Å². The van der Waals surface area contributed by atoms with Crippen LogP contribution in [0.3, 0.4) is 0 Å². The molecule has 11 heteroatoms. The normalized spacial score (nSPS) is 17.8. The van der Waals surface area contributed by atoms with Crippen molar-refractivity contribution in [1.82, 2.24) is 9.80 Å². The zero-order chi connectivity index (χ0) is 26.0. The molecule has 2 heterocycles. The number of halogens is 3. The molecule has 0 aliphatic carbocycles. The van der Waals surface area contributed by atoms with Crippen LogP contribution in [0.4, 0.5) is 29.3 Å². The van der Waals surface area contributed by atoms with Crippen molar-refractivity contribution in [2.24, 2.45) is 4.99 Å². The Morgan fingerprint density at radius 1 is 1.03 bits per heavy atom. The molecule has 1 unspecified atom stereocenters. The molecule has 3 amide bonds. The van der Waals surface area contributed by atoms with Gasteiger partial charge in [-0.1, -0.05) is 23.9 Å². The summed E-state index contributed by atoms with van der Waals surface area (Å²) in [6.45, 7) is 2.63. The number of hydrogen-bond donors (Lipinski definition) is 2. The largest absolute Gasteiger partial charge is 0.416 e. The number of allylic oxidation sites excluding steroid dienone is 1. The van der Waals surface area contributed by atoms with E-state index in [4.69, 9.17) is 4.99 Å². The van der Waals surface area contributed by atoms with E-state index in [1.165, 1.54) is 12.1 Å². The number of nitrogens with one attached hydrogen (secondary N) is 2. The quantitative estimate of drug-likeness (QED) is 0.557. The van der Waals surface area contributed by atoms with Crippen molar-refractivity contribution in [1.29, 1.82) is 0 Å². The Labute approximate surface area is 211 Å². The van der Waals surface area contributed by atoms with Crippen molar-refractivity contribution in [3.63, 3.8) is 0 Å². The van der Waals surface area contributed by atoms with Crippen LogP contribution >= 0.6 is 11.8 Å². The van der Waals surface area contributed by atoms with Gasteiger partial charge in [0.05, 0.1) is 22.9 Å². The number of likely N-dealkylation sites (N-methyl/N-ethyl adjacent to an activating group) is 1. The molecule has 2 aliphatic rings. The van der Waals surface area contributed by atoms with Crippen LogP contribution in [0, 0.1) is 0 Å². The molecule has 2 aromatic carbocycles. The highest BCUT2D eigenvalue weighted by Gasteiger charge is 2.37. The van der Waals surface area contributed by atoms with Gasteiger partial charge in [0.15, 0.2) is 5.17 Å². The minimum absolute atomic E-state index is 0.103. The number of rotatable bonds is 4. The number of carbonyl (C=O) groups is 2. The first-order chi connectivity index (χ1) is 17.0. The summed E-state index contributed by atoms with van der Waals surface area (Å²) >= 11 is 1.68. The maximum Gasteiger partial charge on any atom is 0.416 e. The lowest BCUT2D eigenvalue weighted by Crippen LogP contribution is -2.43. The molecule has 0 saturated carbocycles. The number of alkyl halides is 3. The third kappa shape index (κ3) is 5.51. The van der Waals surface area contributed by atoms with E-state index in [0.29, 0.717) is 17.0 Å². The second kappa shape index (κ2) is 10.3. The van der Waals surface area contributed by atoms with Crippen LogP contribution in [0.15, 0.2) is 64.8 Å². The van der Waals surface area contributed by atoms with Crippen molar-refractivity contribution in [2.45, 2.75) is 25.6 Å². The van der Waals surface area contributed by atoms with Gasteiger partial charge in [-0.3, -0.25) is 4.79 Å². The highest BCUT2D eigenvalue weighted by Crippen LogP contribution is 2.40. The van der Waals surface area contributed by atoms with Crippen LogP contribution in [0.5, 0.6) is 0 Å². The summed E-state index contributed by atoms with van der Waals surface area (Å²) in [7, 11) is 3.43. The molecule has 0 bridgehead atoms. The summed E-state index contributed by atoms with van der Waals surface area (Å²) in [6.07, 6.45) is -3.46. The Kier molecular flexibility index (Phi) is 7.30. The zero-order valence-electron chi connectivity index (χ0n) is 20.0. The van der Waals surface area contributed by atoms with Gasteiger partial charge in [0.1, 0.15) is 0 Å². The van der Waals surface area contributed by atoms with E-state index in [1.807, 2.05) is 19.1 Å². The van der Waals surface area contributed by atoms with Crippen molar-refractivity contribution in [3.05, 3.63) is 70.9 Å². The Morgan fingerprint density at radius 3 is 2.17 bits per heavy atom. The van der Waals surface area contributed by atoms with Gasteiger partial charge in [-0.15, -0.1) is 0 Å². The molecule has 1 saturated heterocycles. The minimum atomic E-state index is -4.44. The molecular formula is C25H26F3N5O2S. The molecule has 4 rings (SSSR count). The highest BCUT2D eigenvalue weighted by atomic mass is 32.2. The molecule has 0 radical (unpaired) electrons. The van der Waals surface area contributed by atoms with Gasteiger partial charge < -0.3 is 20.4 Å². The lowest BCUT2D eigenvalue weighted by molar-refractivity contribution is -0.137. The second-order valence-electron chi connectivity index (χ2n) is 8.67. The number of amidine groups is 1. The lowest BCUT2D eigenvalue weighted by Gasteiger charge is -2.41. The lowest BCUT2D eigenvalue weighted by atomic mass is 9.93. The van der Waals surface area contributed by atoms with Gasteiger partial charge in [-0.2, -0.15) is 13.2 Å². The van der Waals surface area contributed by atoms with Crippen LogP contribution in [-0.2, 0) is 11.0 Å². The summed E-state index contributed by atoms with van der Waals surface area (Å²) < 4.78 is 38.2. The number of hydrogen-bond acceptors (Lipinski definition) is 5. The molecule has 190 valence electrons. The van der Waals surface area contributed by atoms with Crippen molar-refractivity contribution >= 4 is 40.2 Å². The van der Waals surface area contributed by atoms with E-state index in [1.54, 1.807) is 42.9 Å². The van der Waals surface area contributed by atoms with Gasteiger partial charge >= 0.3 is 12.2 Å². The van der Waals surface area contributed by atoms with Crippen LogP contribution in [0.25, 0.3) is 0 Å². The maximum absolute atomic E-state index is 13.1. The Hall–Kier alpha value is -3.47. The number of amides is 3. The number of anilines is 2. The fraction of sp³-hybridized carbons (Fsp3) is 0.320. The smallest absolute Gasteiger partial charge is 0.345 e. The molecule has 0 spiro atoms. The molecule has 0 aromatic heterocycles. The fourth-order valence-corrected chi connectivity index (χ4v) is 5.13. The standard InChI is InChI=1S/C25H26F3N5O2S/c1-15-20(22(34)32(2)3)21(33-13-4-14-36-24(33)29-15)16-5-9-18(10-6-16)30-23(35)31-19-11-7-17(8-12-19)25(26,27)28/h5-12,21H,4,13-14H2,1-3H3,(H2,30,31,35). The zero-order valence-corrected chi connectivity index (χ0v) is 20.8. The molecule has 7 nitrogen and oxygen atoms in total. The predicted molar refractivity (Wildman–Crippen MR) is 136 cm³/mol. The van der Waals surface area contributed by atoms with Gasteiger partial charge in [-0.05, 0) is 55.3 Å². The van der Waals surface area contributed by atoms with Gasteiger partial charge in [0.25, 0.3) is 5.91 Å². The van der Waals surface area contributed by atoms with Crippen LogP contribution in [0.1, 0.15) is 30.5 Å². The maximum atomic E-state index is 13.1. The first-order valence-electron chi connectivity index (χ1n) is 11.3. The van der Waals surface area contributed by atoms with Crippen LogP contribution in [-0.4, -0.2) is 53.3 Å². The Morgan fingerprint density at radius 2 is 1.61 bits per heavy atom. The van der Waals surface area contributed by atoms with Crippen molar-refractivity contribution < 1.29 is 22.8 Å². The minimum Gasteiger partial charge on any atom is -0.345 e. The van der Waals surface area contributed by atoms with E-state index in [0.717, 1.165) is 41.6 Å². The van der Waals surface area contributed by atoms with E-state index in [-0.39, 0.29) is 17.6 Å². The highest BCUT2D eigenvalue weighted by molar-refractivity contribution is 8.13. The number of aliphatic imine (C=N–C) groups is 1. The van der Waals surface area contributed by atoms with Gasteiger partial charge in [0.2, 0.25) is 0 Å². The van der Waals surface area contributed by atoms with Crippen molar-refractivity contribution in [2.75, 3.05) is 37.0 Å². The first kappa shape index (κ1) is 25.6. The molecule has 1 fully saturated rings. The molecule has 2 aromatic rings. The Bertz CT molecular complexity index is 1210.